The van der Waals surface area contributed by atoms with Gasteiger partial charge in [0.25, 0.3) is 0 Å². The number of piperidine rings is 1. The lowest BCUT2D eigenvalue weighted by atomic mass is 9.90. The van der Waals surface area contributed by atoms with E-state index in [2.05, 4.69) is 11.4 Å². The van der Waals surface area contributed by atoms with Gasteiger partial charge in [0.05, 0.1) is 6.61 Å². The second-order valence-corrected chi connectivity index (χ2v) is 4.69. The Kier molecular flexibility index (Phi) is 5.21. The van der Waals surface area contributed by atoms with Crippen LogP contribution in [0.1, 0.15) is 31.2 Å². The van der Waals surface area contributed by atoms with E-state index in [-0.39, 0.29) is 12.6 Å². The van der Waals surface area contributed by atoms with Crippen LogP contribution in [-0.2, 0) is 9.53 Å². The zero-order chi connectivity index (χ0) is 13.5. The maximum absolute atomic E-state index is 11.2. The molecule has 19 heavy (non-hydrogen) atoms. The molecule has 1 aromatic carbocycles. The molecule has 104 valence electrons. The van der Waals surface area contributed by atoms with E-state index in [1.54, 1.807) is 6.92 Å². The lowest BCUT2D eigenvalue weighted by Gasteiger charge is -2.23. The number of ether oxygens (including phenoxy) is 2. The Balaban J connectivity index is 1.92. The molecule has 0 aromatic heterocycles. The average molecular weight is 263 g/mol. The molecule has 1 aliphatic heterocycles. The lowest BCUT2D eigenvalue weighted by Crippen LogP contribution is -2.26. The standard InChI is InChI=1S/C15H21NO3/c1-2-18-15(17)11-19-14-5-3-4-13(10-14)12-6-8-16-9-7-12/h3-5,10,12,16H,2,6-9,11H2,1H3. The summed E-state index contributed by atoms with van der Waals surface area (Å²) in [5.74, 6) is 1.01. The Labute approximate surface area is 114 Å². The van der Waals surface area contributed by atoms with E-state index in [1.807, 2.05) is 18.2 Å². The minimum absolute atomic E-state index is 0.0243. The quantitative estimate of drug-likeness (QED) is 0.826. The van der Waals surface area contributed by atoms with Crippen LogP contribution in [0.15, 0.2) is 24.3 Å². The van der Waals surface area contributed by atoms with Gasteiger partial charge >= 0.3 is 5.97 Å². The van der Waals surface area contributed by atoms with Crippen LogP contribution < -0.4 is 10.1 Å². The Hall–Kier alpha value is -1.55. The third kappa shape index (κ3) is 4.24. The predicted octanol–water partition coefficient (Wildman–Crippen LogP) is 2.10. The summed E-state index contributed by atoms with van der Waals surface area (Å²) in [4.78, 5) is 11.2. The molecule has 0 amide bonds. The molecule has 1 aromatic rings. The van der Waals surface area contributed by atoms with Crippen molar-refractivity contribution in [2.24, 2.45) is 0 Å². The van der Waals surface area contributed by atoms with Crippen molar-refractivity contribution in [3.8, 4) is 5.75 Å². The van der Waals surface area contributed by atoms with Crippen molar-refractivity contribution in [3.63, 3.8) is 0 Å². The van der Waals surface area contributed by atoms with E-state index < -0.39 is 0 Å². The van der Waals surface area contributed by atoms with Crippen molar-refractivity contribution >= 4 is 5.97 Å². The van der Waals surface area contributed by atoms with E-state index in [4.69, 9.17) is 9.47 Å². The number of esters is 1. The Morgan fingerprint density at radius 3 is 2.89 bits per heavy atom. The first-order chi connectivity index (χ1) is 9.29. The molecule has 4 nitrogen and oxygen atoms in total. The molecule has 1 heterocycles. The van der Waals surface area contributed by atoms with Gasteiger partial charge in [-0.15, -0.1) is 0 Å². The lowest BCUT2D eigenvalue weighted by molar-refractivity contribution is -0.145. The number of hydrogen-bond acceptors (Lipinski definition) is 4. The Morgan fingerprint density at radius 2 is 2.16 bits per heavy atom. The van der Waals surface area contributed by atoms with Crippen LogP contribution in [0.25, 0.3) is 0 Å². The molecule has 1 fully saturated rings. The average Bonchev–Trinajstić information content (AvgIpc) is 2.47. The molecule has 4 heteroatoms. The number of benzene rings is 1. The van der Waals surface area contributed by atoms with E-state index in [1.165, 1.54) is 5.56 Å². The fraction of sp³-hybridized carbons (Fsp3) is 0.533. The third-order valence-corrected chi connectivity index (χ3v) is 3.33. The van der Waals surface area contributed by atoms with Crippen molar-refractivity contribution < 1.29 is 14.3 Å². The first kappa shape index (κ1) is 13.9. The number of carbonyl (C=O) groups is 1. The molecule has 1 saturated heterocycles. The number of carbonyl (C=O) groups excluding carboxylic acids is 1. The topological polar surface area (TPSA) is 47.6 Å². The molecule has 0 saturated carbocycles. The first-order valence-electron chi connectivity index (χ1n) is 6.88. The van der Waals surface area contributed by atoms with Gasteiger partial charge in [-0.1, -0.05) is 12.1 Å². The molecule has 1 N–H and O–H groups in total. The van der Waals surface area contributed by atoms with Gasteiger partial charge in [0.15, 0.2) is 6.61 Å². The van der Waals surface area contributed by atoms with Crippen molar-refractivity contribution in [2.45, 2.75) is 25.7 Å². The summed E-state index contributed by atoms with van der Waals surface area (Å²) in [7, 11) is 0. The van der Waals surface area contributed by atoms with Crippen LogP contribution in [0.4, 0.5) is 0 Å². The van der Waals surface area contributed by atoms with E-state index in [0.717, 1.165) is 31.7 Å². The van der Waals surface area contributed by atoms with Crippen molar-refractivity contribution in [1.82, 2.24) is 5.32 Å². The fourth-order valence-corrected chi connectivity index (χ4v) is 2.36. The number of rotatable bonds is 5. The van der Waals surface area contributed by atoms with Crippen LogP contribution in [0.2, 0.25) is 0 Å². The predicted molar refractivity (Wildman–Crippen MR) is 73.4 cm³/mol. The largest absolute Gasteiger partial charge is 0.482 e. The smallest absolute Gasteiger partial charge is 0.344 e. The van der Waals surface area contributed by atoms with Gasteiger partial charge in [-0.05, 0) is 56.5 Å². The van der Waals surface area contributed by atoms with Crippen LogP contribution in [-0.4, -0.2) is 32.3 Å². The zero-order valence-electron chi connectivity index (χ0n) is 11.4. The fourth-order valence-electron chi connectivity index (χ4n) is 2.36. The normalized spacial score (nSPS) is 16.1. The van der Waals surface area contributed by atoms with E-state index in [9.17, 15) is 4.79 Å². The van der Waals surface area contributed by atoms with Crippen LogP contribution in [0, 0.1) is 0 Å². The Morgan fingerprint density at radius 1 is 1.37 bits per heavy atom. The minimum Gasteiger partial charge on any atom is -0.482 e. The molecule has 0 unspecified atom stereocenters. The first-order valence-corrected chi connectivity index (χ1v) is 6.88. The summed E-state index contributed by atoms with van der Waals surface area (Å²) < 4.78 is 10.3. The molecular formula is C15H21NO3. The highest BCUT2D eigenvalue weighted by Crippen LogP contribution is 2.27. The maximum Gasteiger partial charge on any atom is 0.344 e. The molecule has 0 radical (unpaired) electrons. The van der Waals surface area contributed by atoms with Gasteiger partial charge in [-0.25, -0.2) is 4.79 Å². The highest BCUT2D eigenvalue weighted by atomic mass is 16.6. The molecular weight excluding hydrogens is 242 g/mol. The monoisotopic (exact) mass is 263 g/mol. The summed E-state index contributed by atoms with van der Waals surface area (Å²) in [6, 6.07) is 8.03. The molecule has 0 spiro atoms. The summed E-state index contributed by atoms with van der Waals surface area (Å²) in [6.07, 6.45) is 2.31. The van der Waals surface area contributed by atoms with Gasteiger partial charge < -0.3 is 14.8 Å². The highest BCUT2D eigenvalue weighted by molar-refractivity contribution is 5.71. The van der Waals surface area contributed by atoms with E-state index >= 15 is 0 Å². The second kappa shape index (κ2) is 7.14. The Bertz CT molecular complexity index is 414. The summed E-state index contributed by atoms with van der Waals surface area (Å²) in [5.41, 5.74) is 1.29. The van der Waals surface area contributed by atoms with E-state index in [0.29, 0.717) is 12.5 Å². The van der Waals surface area contributed by atoms with Crippen LogP contribution in [0.3, 0.4) is 0 Å². The SMILES string of the molecule is CCOC(=O)COc1cccc(C2CCNCC2)c1. The van der Waals surface area contributed by atoms with Crippen LogP contribution >= 0.6 is 0 Å². The third-order valence-electron chi connectivity index (χ3n) is 3.33. The zero-order valence-corrected chi connectivity index (χ0v) is 11.4. The molecule has 1 aliphatic rings. The highest BCUT2D eigenvalue weighted by Gasteiger charge is 2.15. The molecule has 0 aliphatic carbocycles. The van der Waals surface area contributed by atoms with Crippen molar-refractivity contribution in [3.05, 3.63) is 29.8 Å². The van der Waals surface area contributed by atoms with Crippen molar-refractivity contribution in [1.29, 1.82) is 0 Å². The summed E-state index contributed by atoms with van der Waals surface area (Å²) in [5, 5.41) is 3.36. The van der Waals surface area contributed by atoms with Gasteiger partial charge in [0.1, 0.15) is 5.75 Å². The molecule has 0 atom stereocenters. The van der Waals surface area contributed by atoms with Gasteiger partial charge in [0.2, 0.25) is 0 Å². The number of hydrogen-bond donors (Lipinski definition) is 1. The summed E-state index contributed by atoms with van der Waals surface area (Å²) >= 11 is 0. The molecule has 2 rings (SSSR count). The molecule has 0 bridgehead atoms. The minimum atomic E-state index is -0.324. The van der Waals surface area contributed by atoms with Gasteiger partial charge in [-0.2, -0.15) is 0 Å². The second-order valence-electron chi connectivity index (χ2n) is 4.69. The van der Waals surface area contributed by atoms with Gasteiger partial charge in [0, 0.05) is 0 Å². The number of nitrogens with one attached hydrogen (secondary N) is 1. The van der Waals surface area contributed by atoms with Gasteiger partial charge in [-0.3, -0.25) is 0 Å². The summed E-state index contributed by atoms with van der Waals surface area (Å²) in [6.45, 7) is 4.29. The van der Waals surface area contributed by atoms with Crippen molar-refractivity contribution in [2.75, 3.05) is 26.3 Å². The van der Waals surface area contributed by atoms with Crippen LogP contribution in [0.5, 0.6) is 5.75 Å². The maximum atomic E-state index is 11.2.